The van der Waals surface area contributed by atoms with E-state index in [2.05, 4.69) is 89.7 Å². The Balaban J connectivity index is 0.000000149. The number of carbonyl (C=O) groups excluding carboxylic acids is 13. The van der Waals surface area contributed by atoms with Crippen molar-refractivity contribution in [1.29, 1.82) is 0 Å². The van der Waals surface area contributed by atoms with Gasteiger partial charge in [-0.05, 0) is 146 Å². The van der Waals surface area contributed by atoms with Gasteiger partial charge in [-0.15, -0.1) is 22.7 Å². The number of thiazole rings is 2. The summed E-state index contributed by atoms with van der Waals surface area (Å²) >= 11 is 2.22. The lowest BCUT2D eigenvalue weighted by Crippen LogP contribution is -2.47. The maximum Gasteiger partial charge on any atom is 0.287 e. The van der Waals surface area contributed by atoms with Crippen molar-refractivity contribution in [2.75, 3.05) is 10.6 Å². The zero-order valence-electron chi connectivity index (χ0n) is 72.0. The molecule has 0 spiro atoms. The van der Waals surface area contributed by atoms with Gasteiger partial charge in [0.1, 0.15) is 40.9 Å². The molecule has 0 fully saturated rings. The van der Waals surface area contributed by atoms with Crippen LogP contribution in [0, 0.1) is 25.7 Å². The van der Waals surface area contributed by atoms with Crippen LogP contribution in [0.15, 0.2) is 314 Å². The Hall–Kier alpha value is -15.9. The highest BCUT2D eigenvalue weighted by Gasteiger charge is 2.32. The molecule has 0 aliphatic carbocycles. The Morgan fingerprint density at radius 3 is 1.21 bits per heavy atom. The van der Waals surface area contributed by atoms with Crippen LogP contribution in [0.2, 0.25) is 0 Å². The number of nitrogens with zero attached hydrogens (tertiary/aromatic N) is 6. The smallest absolute Gasteiger partial charge is 0.287 e. The van der Waals surface area contributed by atoms with E-state index < -0.39 is 70.6 Å². The molecule has 12 aromatic carbocycles. The number of primary amides is 1. The summed E-state index contributed by atoms with van der Waals surface area (Å²) in [5, 5.41) is 22.7. The summed E-state index contributed by atoms with van der Waals surface area (Å²) in [6, 6.07) is 90.5. The molecule has 4 atom stereocenters. The lowest BCUT2D eigenvalue weighted by Gasteiger charge is -2.15. The molecule has 16 rings (SSSR count). The molecule has 24 nitrogen and oxygen atoms in total. The summed E-state index contributed by atoms with van der Waals surface area (Å²) in [7, 11) is 0. The number of aromatic nitrogens is 6. The molecule has 16 aromatic rings. The van der Waals surface area contributed by atoms with Crippen LogP contribution in [0.1, 0.15) is 134 Å². The molecular weight excluding hydrogens is 1690 g/mol. The van der Waals surface area contributed by atoms with Crippen LogP contribution >= 0.6 is 22.7 Å². The van der Waals surface area contributed by atoms with Crippen molar-refractivity contribution < 1.29 is 62.3 Å². The Kier molecular flexibility index (Phi) is 31.5. The number of ketones is 7. The van der Waals surface area contributed by atoms with Gasteiger partial charge in [-0.2, -0.15) is 0 Å². The number of rotatable bonds is 33. The first-order chi connectivity index (χ1) is 63.4. The molecule has 131 heavy (non-hydrogen) atoms. The normalized spacial score (nSPS) is 11.8. The van der Waals surface area contributed by atoms with Crippen molar-refractivity contribution in [2.24, 2.45) is 17.6 Å². The minimum atomic E-state index is -1.14. The molecule has 0 saturated heterocycles. The van der Waals surface area contributed by atoms with Crippen LogP contribution in [0.4, 0.5) is 10.3 Å². The van der Waals surface area contributed by atoms with Crippen LogP contribution in [0.25, 0.3) is 43.1 Å². The largest absolute Gasteiger partial charge is 0.363 e. The third kappa shape index (κ3) is 25.3. The SMILES string of the molecule is CC(=O)C(=O)C(CC(=O)c1c(C)ncn1Cc1ccc2ccccc2c1)Cc1ccccc1.CC(=O)C(=O)C(CC(=O)c1cnc(C)n1Cc1ccc2ccccc2c1)Cc1ccccc1.NC(=O)C(=O)C(Cc1ccccc1)NC(=O)c1csc(NC(=O)c2ccc3ccccc3c2)n1.O=CC(Cc1ccccc1)NC(=O)c1csc(NC(=O)c2ccc3ccccc3c2)n1. The minimum Gasteiger partial charge on any atom is -0.363 e. The maximum atomic E-state index is 13.4. The first kappa shape index (κ1) is 92.7. The lowest BCUT2D eigenvalue weighted by molar-refractivity contribution is -0.137. The van der Waals surface area contributed by atoms with E-state index in [-0.39, 0.29) is 59.2 Å². The van der Waals surface area contributed by atoms with Gasteiger partial charge in [0.05, 0.1) is 24.3 Å². The molecule has 4 aromatic heterocycles. The number of anilines is 2. The molecular formula is C105H91N11O13S2. The number of benzene rings is 12. The third-order valence-corrected chi connectivity index (χ3v) is 23.3. The van der Waals surface area contributed by atoms with E-state index in [1.807, 2.05) is 216 Å². The highest BCUT2D eigenvalue weighted by Crippen LogP contribution is 2.28. The Labute approximate surface area is 762 Å². The fourth-order valence-electron chi connectivity index (χ4n) is 15.0. The number of aldehydes is 1. The second-order valence-corrected chi connectivity index (χ2v) is 33.0. The first-order valence-corrected chi connectivity index (χ1v) is 43.9. The van der Waals surface area contributed by atoms with Gasteiger partial charge < -0.3 is 30.3 Å². The summed E-state index contributed by atoms with van der Waals surface area (Å²) < 4.78 is 3.71. The topological polar surface area (TPSA) is 357 Å². The van der Waals surface area contributed by atoms with Crippen molar-refractivity contribution in [1.82, 2.24) is 39.7 Å². The average Bonchev–Trinajstić information content (AvgIpc) is 1.69. The number of Topliss-reactive ketones (excluding diaryl/α,β-unsaturated/α-hetero) is 7. The van der Waals surface area contributed by atoms with Crippen LogP contribution in [0.3, 0.4) is 0 Å². The third-order valence-electron chi connectivity index (χ3n) is 21.8. The van der Waals surface area contributed by atoms with E-state index in [1.165, 1.54) is 19.2 Å². The van der Waals surface area contributed by atoms with Crippen LogP contribution in [-0.2, 0) is 72.3 Å². The fraction of sp³-hybridized carbons (Fsp3) is 0.152. The van der Waals surface area contributed by atoms with Crippen molar-refractivity contribution in [3.8, 4) is 0 Å². The van der Waals surface area contributed by atoms with Gasteiger partial charge in [0.2, 0.25) is 17.3 Å². The highest BCUT2D eigenvalue weighted by molar-refractivity contribution is 7.14. The van der Waals surface area contributed by atoms with Crippen LogP contribution in [0.5, 0.6) is 0 Å². The van der Waals surface area contributed by atoms with Gasteiger partial charge in [0.25, 0.3) is 29.5 Å². The molecule has 5 amide bonds. The number of hydrogen-bond donors (Lipinski definition) is 5. The summed E-state index contributed by atoms with van der Waals surface area (Å²) in [6.45, 7) is 7.18. The van der Waals surface area contributed by atoms with Crippen LogP contribution < -0.4 is 27.0 Å². The molecule has 656 valence electrons. The highest BCUT2D eigenvalue weighted by atomic mass is 32.1. The Morgan fingerprint density at radius 2 is 0.779 bits per heavy atom. The zero-order valence-corrected chi connectivity index (χ0v) is 73.6. The molecule has 4 unspecified atom stereocenters. The average molecular weight is 1780 g/mol. The summed E-state index contributed by atoms with van der Waals surface area (Å²) in [6.07, 6.45) is 5.07. The van der Waals surface area contributed by atoms with E-state index in [9.17, 15) is 62.3 Å². The van der Waals surface area contributed by atoms with Gasteiger partial charge in [-0.3, -0.25) is 68.2 Å². The molecule has 0 radical (unpaired) electrons. The number of amides is 5. The van der Waals surface area contributed by atoms with Crippen molar-refractivity contribution in [3.63, 3.8) is 0 Å². The van der Waals surface area contributed by atoms with E-state index in [0.717, 1.165) is 105 Å². The summed E-state index contributed by atoms with van der Waals surface area (Å²) in [4.78, 5) is 178. The number of nitrogens with two attached hydrogens (primary N) is 1. The second kappa shape index (κ2) is 44.5. The van der Waals surface area contributed by atoms with E-state index in [0.29, 0.717) is 72.0 Å². The van der Waals surface area contributed by atoms with Gasteiger partial charge in [-0.1, -0.05) is 255 Å². The molecule has 6 N–H and O–H groups in total. The van der Waals surface area contributed by atoms with E-state index in [4.69, 9.17) is 5.73 Å². The predicted molar refractivity (Wildman–Crippen MR) is 508 cm³/mol. The first-order valence-electron chi connectivity index (χ1n) is 42.1. The second-order valence-electron chi connectivity index (χ2n) is 31.3. The monoisotopic (exact) mass is 1780 g/mol. The molecule has 0 saturated carbocycles. The quantitative estimate of drug-likeness (QED) is 0.0145. The zero-order chi connectivity index (χ0) is 92.5. The molecule has 0 aliphatic rings. The lowest BCUT2D eigenvalue weighted by atomic mass is 9.88. The van der Waals surface area contributed by atoms with E-state index >= 15 is 0 Å². The van der Waals surface area contributed by atoms with Crippen molar-refractivity contribution in [2.45, 2.75) is 91.4 Å². The summed E-state index contributed by atoms with van der Waals surface area (Å²) in [5.74, 6) is -6.92. The Morgan fingerprint density at radius 1 is 0.397 bits per heavy atom. The minimum absolute atomic E-state index is 0.00847. The number of carbonyl (C=O) groups is 13. The molecule has 26 heteroatoms. The number of fused-ring (bicyclic) bond motifs is 4. The molecule has 0 aliphatic heterocycles. The number of nitrogens with one attached hydrogen (secondary N) is 4. The van der Waals surface area contributed by atoms with Gasteiger partial charge >= 0.3 is 0 Å². The van der Waals surface area contributed by atoms with Gasteiger partial charge in [0, 0.05) is 79.9 Å². The van der Waals surface area contributed by atoms with E-state index in [1.54, 1.807) is 67.3 Å². The Bertz CT molecular complexity index is 6910. The van der Waals surface area contributed by atoms with Crippen molar-refractivity contribution >= 4 is 152 Å². The number of hydrogen-bond acceptors (Lipinski definition) is 19. The standard InChI is InChI=1S/2C28H26N2O3.C25H20N4O4S.C24H19N3O3S/c1-19(31)28(33)25(14-21-8-4-3-5-9-21)16-27(32)26-17-29-20(2)30(26)18-22-12-13-23-10-6-7-11-24(23)15-22;1-19-27(26(32)16-25(28(33)20(2)31)14-21-8-4-3-5-9-21)30(18-29-19)17-22-12-13-23-10-6-7-11-24(23)15-22;26-22(31)21(30)19(12-15-6-2-1-3-7-15)27-24(33)20-14-34-25(28-20)29-23(32)18-11-10-16-8-4-5-9-17(16)13-18;28-14-20(12-16-6-2-1-3-7-16)25-23(30)21-15-31-24(26-21)27-22(29)19-11-10-17-8-4-5-9-18(17)13-19/h3-13,15,17,25H,14,16,18H2,1-2H3;3-13,15,18,25H,14,16-17H2,1-2H3;1-11,13-14,19H,12H2,(H2,26,31)(H,27,33)(H,28,29,32);1-11,13-15,20H,12H2,(H,25,30)(H,26,27,29). The summed E-state index contributed by atoms with van der Waals surface area (Å²) in [5.41, 5.74) is 13.5. The molecule has 0 bridgehead atoms. The van der Waals surface area contributed by atoms with Gasteiger partial charge in [0.15, 0.2) is 33.4 Å². The maximum absolute atomic E-state index is 13.4. The number of aryl methyl sites for hydroxylation is 2. The predicted octanol–water partition coefficient (Wildman–Crippen LogP) is 17.0. The number of imidazole rings is 2. The van der Waals surface area contributed by atoms with Crippen LogP contribution in [-0.4, -0.2) is 117 Å². The molecule has 4 heterocycles. The fourth-order valence-corrected chi connectivity index (χ4v) is 16.4. The van der Waals surface area contributed by atoms with Crippen molar-refractivity contribution in [3.05, 3.63) is 393 Å². The van der Waals surface area contributed by atoms with Gasteiger partial charge in [-0.25, -0.2) is 19.9 Å².